The molecular weight excluding hydrogens is 286 g/mol. The van der Waals surface area contributed by atoms with Gasteiger partial charge in [-0.3, -0.25) is 0 Å². The molecule has 0 radical (unpaired) electrons. The van der Waals surface area contributed by atoms with Gasteiger partial charge in [0.2, 0.25) is 0 Å². The van der Waals surface area contributed by atoms with Crippen molar-refractivity contribution < 1.29 is 0 Å². The number of hydrogen-bond acceptors (Lipinski definition) is 4. The summed E-state index contributed by atoms with van der Waals surface area (Å²) in [4.78, 5) is 8.96. The van der Waals surface area contributed by atoms with Crippen molar-refractivity contribution in [2.75, 3.05) is 6.54 Å². The molecule has 0 aliphatic heterocycles. The highest BCUT2D eigenvalue weighted by Crippen LogP contribution is 2.20. The first-order valence-electron chi connectivity index (χ1n) is 7.49. The highest BCUT2D eigenvalue weighted by Gasteiger charge is 2.13. The number of hydrogen-bond donors (Lipinski definition) is 1. The van der Waals surface area contributed by atoms with E-state index in [0.29, 0.717) is 10.8 Å². The van der Waals surface area contributed by atoms with E-state index < -0.39 is 0 Å². The Morgan fingerprint density at radius 2 is 2.05 bits per heavy atom. The van der Waals surface area contributed by atoms with Crippen molar-refractivity contribution in [2.45, 2.75) is 46.6 Å². The van der Waals surface area contributed by atoms with Crippen molar-refractivity contribution in [3.8, 4) is 5.82 Å². The van der Waals surface area contributed by atoms with Crippen molar-refractivity contribution >= 4 is 11.6 Å². The average molecular weight is 308 g/mol. The van der Waals surface area contributed by atoms with Crippen LogP contribution in [0.25, 0.3) is 5.82 Å². The maximum absolute atomic E-state index is 6.38. The monoisotopic (exact) mass is 307 g/mol. The Morgan fingerprint density at radius 3 is 2.67 bits per heavy atom. The van der Waals surface area contributed by atoms with Gasteiger partial charge in [0.05, 0.1) is 5.02 Å². The predicted octanol–water partition coefficient (Wildman–Crippen LogP) is 2.94. The molecule has 2 rings (SSSR count). The molecule has 0 atom stereocenters. The minimum absolute atomic E-state index is 0.605. The van der Waals surface area contributed by atoms with E-state index in [4.69, 9.17) is 11.6 Å². The lowest BCUT2D eigenvalue weighted by atomic mass is 10.2. The highest BCUT2D eigenvalue weighted by molar-refractivity contribution is 6.32. The average Bonchev–Trinajstić information content (AvgIpc) is 2.91. The fourth-order valence-electron chi connectivity index (χ4n) is 2.07. The molecule has 0 aliphatic rings. The number of nitrogens with one attached hydrogen (secondary N) is 1. The van der Waals surface area contributed by atoms with Crippen molar-refractivity contribution in [1.29, 1.82) is 0 Å². The largest absolute Gasteiger partial charge is 0.313 e. The first kappa shape index (κ1) is 15.9. The second kappa shape index (κ2) is 7.52. The van der Waals surface area contributed by atoms with Crippen LogP contribution >= 0.6 is 11.6 Å². The first-order valence-corrected chi connectivity index (χ1v) is 7.87. The van der Waals surface area contributed by atoms with Crippen LogP contribution in [-0.2, 0) is 19.4 Å². The maximum atomic E-state index is 6.38. The fourth-order valence-corrected chi connectivity index (χ4v) is 2.34. The van der Waals surface area contributed by atoms with Gasteiger partial charge < -0.3 is 5.32 Å². The zero-order valence-corrected chi connectivity index (χ0v) is 13.6. The Hall–Kier alpha value is -1.46. The van der Waals surface area contributed by atoms with Crippen LogP contribution in [0.2, 0.25) is 5.02 Å². The summed E-state index contributed by atoms with van der Waals surface area (Å²) < 4.78 is 1.75. The fraction of sp³-hybridized carbons (Fsp3) is 0.533. The summed E-state index contributed by atoms with van der Waals surface area (Å²) in [5.41, 5.74) is 1.08. The van der Waals surface area contributed by atoms with Crippen molar-refractivity contribution in [1.82, 2.24) is 25.1 Å². The Labute approximate surface area is 130 Å². The lowest BCUT2D eigenvalue weighted by Gasteiger charge is -2.08. The molecule has 0 bridgehead atoms. The molecule has 21 heavy (non-hydrogen) atoms. The maximum Gasteiger partial charge on any atom is 0.174 e. The van der Waals surface area contributed by atoms with Gasteiger partial charge in [-0.1, -0.05) is 32.4 Å². The Bertz CT molecular complexity index is 594. The second-order valence-electron chi connectivity index (χ2n) is 4.89. The summed E-state index contributed by atoms with van der Waals surface area (Å²) in [6.45, 7) is 8.00. The molecule has 5 nitrogen and oxygen atoms in total. The van der Waals surface area contributed by atoms with Crippen LogP contribution in [-0.4, -0.2) is 26.3 Å². The van der Waals surface area contributed by atoms with E-state index >= 15 is 0 Å². The first-order chi connectivity index (χ1) is 10.2. The van der Waals surface area contributed by atoms with E-state index in [1.165, 1.54) is 0 Å². The van der Waals surface area contributed by atoms with Crippen LogP contribution in [0.3, 0.4) is 0 Å². The molecule has 0 saturated heterocycles. The summed E-state index contributed by atoms with van der Waals surface area (Å²) in [6, 6.07) is 1.94. The van der Waals surface area contributed by atoms with Gasteiger partial charge in [-0.25, -0.2) is 9.97 Å². The Morgan fingerprint density at radius 1 is 1.24 bits per heavy atom. The summed E-state index contributed by atoms with van der Waals surface area (Å²) in [7, 11) is 0. The minimum Gasteiger partial charge on any atom is -0.313 e. The lowest BCUT2D eigenvalue weighted by molar-refractivity contribution is 0.672. The van der Waals surface area contributed by atoms with Gasteiger partial charge in [0.1, 0.15) is 5.82 Å². The third-order valence-electron chi connectivity index (χ3n) is 3.19. The smallest absolute Gasteiger partial charge is 0.174 e. The van der Waals surface area contributed by atoms with E-state index in [1.54, 1.807) is 4.68 Å². The van der Waals surface area contributed by atoms with Crippen LogP contribution < -0.4 is 5.32 Å². The van der Waals surface area contributed by atoms with E-state index in [2.05, 4.69) is 34.2 Å². The number of nitrogens with zero attached hydrogens (tertiary/aromatic N) is 4. The van der Waals surface area contributed by atoms with Crippen LogP contribution in [0.1, 0.15) is 44.4 Å². The Balaban J connectivity index is 2.26. The topological polar surface area (TPSA) is 55.6 Å². The number of pyridine rings is 1. The molecule has 0 amide bonds. The number of halogens is 1. The van der Waals surface area contributed by atoms with Crippen molar-refractivity contribution in [3.63, 3.8) is 0 Å². The molecule has 0 unspecified atom stereocenters. The van der Waals surface area contributed by atoms with E-state index in [1.807, 2.05) is 19.2 Å². The normalized spacial score (nSPS) is 11.0. The molecule has 0 saturated carbocycles. The molecule has 6 heteroatoms. The van der Waals surface area contributed by atoms with Gasteiger partial charge in [-0.05, 0) is 24.6 Å². The van der Waals surface area contributed by atoms with Gasteiger partial charge in [-0.2, -0.15) is 4.68 Å². The molecule has 0 aromatic carbocycles. The molecule has 0 aliphatic carbocycles. The zero-order chi connectivity index (χ0) is 15.2. The zero-order valence-electron chi connectivity index (χ0n) is 12.9. The van der Waals surface area contributed by atoms with E-state index in [-0.39, 0.29) is 0 Å². The van der Waals surface area contributed by atoms with Gasteiger partial charge in [-0.15, -0.1) is 5.10 Å². The number of rotatable bonds is 7. The van der Waals surface area contributed by atoms with Crippen LogP contribution in [0.4, 0.5) is 0 Å². The van der Waals surface area contributed by atoms with Crippen LogP contribution in [0.5, 0.6) is 0 Å². The molecule has 0 spiro atoms. The molecule has 1 N–H and O–H groups in total. The Kier molecular flexibility index (Phi) is 5.70. The van der Waals surface area contributed by atoms with Crippen molar-refractivity contribution in [2.24, 2.45) is 0 Å². The summed E-state index contributed by atoms with van der Waals surface area (Å²) in [5.74, 6) is 2.36. The van der Waals surface area contributed by atoms with Gasteiger partial charge >= 0.3 is 0 Å². The summed E-state index contributed by atoms with van der Waals surface area (Å²) in [6.07, 6.45) is 4.55. The summed E-state index contributed by atoms with van der Waals surface area (Å²) in [5, 5.41) is 8.42. The standard InChI is InChI=1S/C15H22ClN5/c1-4-7-17-9-11-8-12(16)15(18-10-11)21-14(6-3)19-13(5-2)20-21/h8,10,17H,4-7,9H2,1-3H3. The minimum atomic E-state index is 0.605. The SMILES string of the molecule is CCCNCc1cnc(-n2nc(CC)nc2CC)c(Cl)c1. The van der Waals surface area contributed by atoms with Gasteiger partial charge in [0, 0.05) is 25.6 Å². The predicted molar refractivity (Wildman–Crippen MR) is 84.9 cm³/mol. The molecule has 2 aromatic rings. The molecule has 114 valence electrons. The number of aromatic nitrogens is 4. The van der Waals surface area contributed by atoms with Gasteiger partial charge in [0.25, 0.3) is 0 Å². The van der Waals surface area contributed by atoms with Crippen molar-refractivity contribution in [3.05, 3.63) is 34.5 Å². The lowest BCUT2D eigenvalue weighted by Crippen LogP contribution is -2.14. The van der Waals surface area contributed by atoms with Crippen LogP contribution in [0.15, 0.2) is 12.3 Å². The molecular formula is C15H22ClN5. The third-order valence-corrected chi connectivity index (χ3v) is 3.46. The third kappa shape index (κ3) is 3.80. The quantitative estimate of drug-likeness (QED) is 0.799. The number of aryl methyl sites for hydroxylation is 2. The second-order valence-corrected chi connectivity index (χ2v) is 5.30. The van der Waals surface area contributed by atoms with E-state index in [0.717, 1.165) is 49.6 Å². The van der Waals surface area contributed by atoms with Crippen LogP contribution in [0, 0.1) is 0 Å². The molecule has 2 heterocycles. The van der Waals surface area contributed by atoms with E-state index in [9.17, 15) is 0 Å². The van der Waals surface area contributed by atoms with Gasteiger partial charge in [0.15, 0.2) is 11.6 Å². The highest BCUT2D eigenvalue weighted by atomic mass is 35.5. The summed E-state index contributed by atoms with van der Waals surface area (Å²) >= 11 is 6.38. The molecule has 2 aromatic heterocycles. The molecule has 0 fully saturated rings.